The topological polar surface area (TPSA) is 251 Å². The van der Waals surface area contributed by atoms with Crippen LogP contribution in [0.15, 0.2) is 60.8 Å². The number of para-hydroxylation sites is 1. The molecule has 15 nitrogen and oxygen atoms in total. The molecule has 0 fully saturated rings. The Labute approximate surface area is 297 Å². The predicted octanol–water partition coefficient (Wildman–Crippen LogP) is 0.227. The molecule has 0 aliphatic heterocycles. The van der Waals surface area contributed by atoms with Crippen LogP contribution < -0.4 is 38.1 Å². The predicted molar refractivity (Wildman–Crippen MR) is 192 cm³/mol. The number of rotatable bonds is 21. The molecule has 3 rings (SSSR count). The molecule has 1 heterocycles. The van der Waals surface area contributed by atoms with Gasteiger partial charge < -0.3 is 48.1 Å². The molecule has 51 heavy (non-hydrogen) atoms. The summed E-state index contributed by atoms with van der Waals surface area (Å²) in [6, 6.07) is 12.2. The van der Waals surface area contributed by atoms with Gasteiger partial charge in [-0.15, -0.1) is 0 Å². The lowest BCUT2D eigenvalue weighted by molar-refractivity contribution is -0.142. The van der Waals surface area contributed by atoms with Crippen LogP contribution in [0.3, 0.4) is 0 Å². The van der Waals surface area contributed by atoms with E-state index in [1.807, 2.05) is 38.1 Å². The van der Waals surface area contributed by atoms with Crippen molar-refractivity contribution in [2.75, 3.05) is 19.6 Å². The second kappa shape index (κ2) is 20.4. The van der Waals surface area contributed by atoms with Gasteiger partial charge in [0.2, 0.25) is 29.5 Å². The van der Waals surface area contributed by atoms with Crippen LogP contribution in [-0.4, -0.2) is 89.4 Å². The lowest BCUT2D eigenvalue weighted by atomic mass is 10.0. The average Bonchev–Trinajstić information content (AvgIpc) is 3.51. The monoisotopic (exact) mass is 706 g/mol. The van der Waals surface area contributed by atoms with Crippen molar-refractivity contribution in [3.8, 4) is 0 Å². The second-order valence-electron chi connectivity index (χ2n) is 12.8. The maximum absolute atomic E-state index is 13.6. The molecular formula is C36H50N8O7. The van der Waals surface area contributed by atoms with Crippen molar-refractivity contribution in [3.05, 3.63) is 71.9 Å². The molecule has 15 heteroatoms. The van der Waals surface area contributed by atoms with Crippen LogP contribution in [0, 0.1) is 5.92 Å². The lowest BCUT2D eigenvalue weighted by Gasteiger charge is -2.25. The smallest absolute Gasteiger partial charge is 0.326 e. The number of carbonyl (C=O) groups is 6. The SMILES string of the molecule is CC(C)C[C@H](NC(=O)[C@H](Cc1ccccc1)NC(=O)CNC(=O)CNC(=O)[C@@H](N)Cc1c[nH]c2ccccc12)C(=O)N[C@@H](CCCCN)C(=O)O. The largest absolute Gasteiger partial charge is 0.480 e. The summed E-state index contributed by atoms with van der Waals surface area (Å²) in [5.41, 5.74) is 14.1. The Kier molecular flexibility index (Phi) is 16.1. The summed E-state index contributed by atoms with van der Waals surface area (Å²) in [7, 11) is 0. The van der Waals surface area contributed by atoms with Crippen molar-refractivity contribution in [2.24, 2.45) is 17.4 Å². The zero-order valence-electron chi connectivity index (χ0n) is 29.1. The standard InChI is InChI=1S/C36H50N8O7/c1-22(2)16-29(34(48)43-28(36(50)51)14-8-9-15-37)44-35(49)30(17-23-10-4-3-5-11-23)42-32(46)21-40-31(45)20-41-33(47)26(38)18-24-19-39-27-13-7-6-12-25(24)27/h3-7,10-13,19,22,26,28-30,39H,8-9,14-18,20-21,37-38H2,1-2H3,(H,40,45)(H,41,47)(H,42,46)(H,43,48)(H,44,49)(H,50,51)/t26-,28-,29-,30-/m0/s1. The van der Waals surface area contributed by atoms with Crippen molar-refractivity contribution < 1.29 is 33.9 Å². The number of hydrogen-bond donors (Lipinski definition) is 9. The number of carboxylic acid groups (broad SMARTS) is 1. The van der Waals surface area contributed by atoms with E-state index in [-0.39, 0.29) is 31.6 Å². The Morgan fingerprint density at radius 2 is 1.39 bits per heavy atom. The summed E-state index contributed by atoms with van der Waals surface area (Å²) in [5.74, 6) is -4.41. The van der Waals surface area contributed by atoms with E-state index in [2.05, 4.69) is 31.6 Å². The van der Waals surface area contributed by atoms with E-state index in [4.69, 9.17) is 11.5 Å². The molecule has 4 atom stereocenters. The Morgan fingerprint density at radius 3 is 2.08 bits per heavy atom. The maximum Gasteiger partial charge on any atom is 0.326 e. The Balaban J connectivity index is 1.57. The van der Waals surface area contributed by atoms with Crippen LogP contribution in [0.5, 0.6) is 0 Å². The molecule has 0 spiro atoms. The Morgan fingerprint density at radius 1 is 0.745 bits per heavy atom. The third-order valence-corrected chi connectivity index (χ3v) is 8.16. The van der Waals surface area contributed by atoms with Crippen LogP contribution in [0.1, 0.15) is 50.7 Å². The highest BCUT2D eigenvalue weighted by molar-refractivity contribution is 5.95. The van der Waals surface area contributed by atoms with Gasteiger partial charge in [0.05, 0.1) is 19.1 Å². The number of benzene rings is 2. The lowest BCUT2D eigenvalue weighted by Crippen LogP contribution is -2.57. The first-order valence-electron chi connectivity index (χ1n) is 17.1. The number of carbonyl (C=O) groups excluding carboxylic acids is 5. The van der Waals surface area contributed by atoms with Gasteiger partial charge in [-0.3, -0.25) is 24.0 Å². The fraction of sp³-hybridized carbons (Fsp3) is 0.444. The van der Waals surface area contributed by atoms with E-state index in [0.717, 1.165) is 22.0 Å². The minimum Gasteiger partial charge on any atom is -0.480 e. The zero-order chi connectivity index (χ0) is 37.3. The maximum atomic E-state index is 13.6. The molecule has 1 aromatic heterocycles. The highest BCUT2D eigenvalue weighted by Gasteiger charge is 2.30. The third-order valence-electron chi connectivity index (χ3n) is 8.16. The van der Waals surface area contributed by atoms with E-state index in [1.165, 1.54) is 0 Å². The number of nitrogens with one attached hydrogen (secondary N) is 6. The number of aromatic nitrogens is 1. The van der Waals surface area contributed by atoms with E-state index < -0.39 is 72.8 Å². The van der Waals surface area contributed by atoms with Crippen LogP contribution >= 0.6 is 0 Å². The van der Waals surface area contributed by atoms with Gasteiger partial charge in [0, 0.05) is 23.5 Å². The summed E-state index contributed by atoms with van der Waals surface area (Å²) in [5, 5.41) is 23.3. The van der Waals surface area contributed by atoms with Crippen LogP contribution in [0.2, 0.25) is 0 Å². The van der Waals surface area contributed by atoms with E-state index in [1.54, 1.807) is 36.5 Å². The van der Waals surface area contributed by atoms with Gasteiger partial charge in [-0.1, -0.05) is 62.4 Å². The number of unbranched alkanes of at least 4 members (excludes halogenated alkanes) is 1. The summed E-state index contributed by atoms with van der Waals surface area (Å²) in [6.07, 6.45) is 3.61. The second-order valence-corrected chi connectivity index (χ2v) is 12.8. The molecule has 0 saturated heterocycles. The van der Waals surface area contributed by atoms with Crippen molar-refractivity contribution in [2.45, 2.75) is 76.5 Å². The van der Waals surface area contributed by atoms with Gasteiger partial charge in [-0.05, 0) is 61.8 Å². The summed E-state index contributed by atoms with van der Waals surface area (Å²) in [6.45, 7) is 3.19. The number of aromatic amines is 1. The fourth-order valence-corrected chi connectivity index (χ4v) is 5.47. The fourth-order valence-electron chi connectivity index (χ4n) is 5.47. The van der Waals surface area contributed by atoms with E-state index >= 15 is 0 Å². The van der Waals surface area contributed by atoms with Crippen molar-refractivity contribution >= 4 is 46.4 Å². The summed E-state index contributed by atoms with van der Waals surface area (Å²) < 4.78 is 0. The summed E-state index contributed by atoms with van der Waals surface area (Å²) in [4.78, 5) is 79.8. The molecule has 0 aliphatic rings. The normalized spacial score (nSPS) is 13.4. The number of fused-ring (bicyclic) bond motifs is 1. The first kappa shape index (κ1) is 40.2. The van der Waals surface area contributed by atoms with Gasteiger partial charge in [0.25, 0.3) is 0 Å². The van der Waals surface area contributed by atoms with Gasteiger partial charge in [-0.2, -0.15) is 0 Å². The van der Waals surface area contributed by atoms with E-state index in [0.29, 0.717) is 19.4 Å². The van der Waals surface area contributed by atoms with Crippen LogP contribution in [0.25, 0.3) is 10.9 Å². The molecular weight excluding hydrogens is 656 g/mol. The number of aliphatic carboxylic acids is 1. The van der Waals surface area contributed by atoms with Crippen molar-refractivity contribution in [1.29, 1.82) is 0 Å². The van der Waals surface area contributed by atoms with Gasteiger partial charge in [0.15, 0.2) is 0 Å². The number of amides is 5. The third kappa shape index (κ3) is 13.5. The summed E-state index contributed by atoms with van der Waals surface area (Å²) >= 11 is 0. The highest BCUT2D eigenvalue weighted by Crippen LogP contribution is 2.18. The number of carboxylic acids is 1. The molecule has 2 aromatic carbocycles. The quantitative estimate of drug-likeness (QED) is 0.0687. The number of H-pyrrole nitrogens is 1. The number of hydrogen-bond acceptors (Lipinski definition) is 8. The molecule has 0 radical (unpaired) electrons. The molecule has 0 bridgehead atoms. The minimum absolute atomic E-state index is 0.0393. The van der Waals surface area contributed by atoms with Crippen molar-refractivity contribution in [3.63, 3.8) is 0 Å². The molecule has 0 unspecified atom stereocenters. The van der Waals surface area contributed by atoms with Crippen LogP contribution in [-0.2, 0) is 41.6 Å². The molecule has 3 aromatic rings. The first-order chi connectivity index (χ1) is 24.4. The number of nitrogens with two attached hydrogens (primary N) is 2. The van der Waals surface area contributed by atoms with Gasteiger partial charge in [-0.25, -0.2) is 4.79 Å². The molecule has 5 amide bonds. The molecule has 0 aliphatic carbocycles. The van der Waals surface area contributed by atoms with Gasteiger partial charge >= 0.3 is 5.97 Å². The first-order valence-corrected chi connectivity index (χ1v) is 17.1. The average molecular weight is 707 g/mol. The van der Waals surface area contributed by atoms with Crippen molar-refractivity contribution in [1.82, 2.24) is 31.6 Å². The minimum atomic E-state index is -1.20. The highest BCUT2D eigenvalue weighted by atomic mass is 16.4. The molecule has 276 valence electrons. The van der Waals surface area contributed by atoms with E-state index in [9.17, 15) is 33.9 Å². The zero-order valence-corrected chi connectivity index (χ0v) is 29.1. The Bertz CT molecular complexity index is 1630. The molecule has 0 saturated carbocycles. The van der Waals surface area contributed by atoms with Gasteiger partial charge in [0.1, 0.15) is 18.1 Å². The molecule has 11 N–H and O–H groups in total. The Hall–Kier alpha value is -5.28. The van der Waals surface area contributed by atoms with Crippen LogP contribution in [0.4, 0.5) is 0 Å².